The summed E-state index contributed by atoms with van der Waals surface area (Å²) < 4.78 is 19.0. The molecule has 0 bridgehead atoms. The van der Waals surface area contributed by atoms with Crippen molar-refractivity contribution in [3.05, 3.63) is 66.6 Å². The van der Waals surface area contributed by atoms with E-state index in [0.717, 1.165) is 5.39 Å². The summed E-state index contributed by atoms with van der Waals surface area (Å²) in [5.41, 5.74) is 0.816. The molecule has 0 radical (unpaired) electrons. The number of carbonyl (C=O) groups excluding carboxylic acids is 1. The van der Waals surface area contributed by atoms with Crippen molar-refractivity contribution in [2.45, 2.75) is 0 Å². The molecular formula is C17H13FN2O2. The molecule has 0 saturated heterocycles. The Hall–Kier alpha value is -2.95. The number of hydrogen-bond acceptors (Lipinski definition) is 3. The summed E-state index contributed by atoms with van der Waals surface area (Å²) in [6.07, 6.45) is 1.66. The maximum atomic E-state index is 13.5. The third-order valence-corrected chi connectivity index (χ3v) is 3.10. The monoisotopic (exact) mass is 296 g/mol. The number of para-hydroxylation sites is 2. The normalized spacial score (nSPS) is 10.4. The summed E-state index contributed by atoms with van der Waals surface area (Å²) >= 11 is 0. The number of nitrogens with zero attached hydrogens (tertiary/aromatic N) is 1. The third kappa shape index (κ3) is 3.03. The highest BCUT2D eigenvalue weighted by atomic mass is 19.1. The van der Waals surface area contributed by atoms with Crippen LogP contribution in [0.2, 0.25) is 0 Å². The van der Waals surface area contributed by atoms with Crippen molar-refractivity contribution in [2.75, 3.05) is 11.9 Å². The highest BCUT2D eigenvalue weighted by molar-refractivity contribution is 5.92. The van der Waals surface area contributed by atoms with Crippen molar-refractivity contribution < 1.29 is 13.9 Å². The molecule has 5 heteroatoms. The minimum absolute atomic E-state index is 0.132. The molecular weight excluding hydrogens is 283 g/mol. The van der Waals surface area contributed by atoms with Crippen LogP contribution >= 0.6 is 0 Å². The van der Waals surface area contributed by atoms with Crippen molar-refractivity contribution in [1.29, 1.82) is 0 Å². The number of hydrogen-bond donors (Lipinski definition) is 1. The Morgan fingerprint density at radius 2 is 1.91 bits per heavy atom. The molecule has 0 aliphatic carbocycles. The number of rotatable bonds is 4. The summed E-state index contributed by atoms with van der Waals surface area (Å²) in [6, 6.07) is 15.2. The number of nitrogens with one attached hydrogen (secondary N) is 1. The number of amides is 1. The summed E-state index contributed by atoms with van der Waals surface area (Å²) in [5.74, 6) is -0.400. The molecule has 3 rings (SSSR count). The van der Waals surface area contributed by atoms with Crippen LogP contribution in [0, 0.1) is 5.82 Å². The Balaban J connectivity index is 1.69. The van der Waals surface area contributed by atoms with Crippen molar-refractivity contribution >= 4 is 22.5 Å². The van der Waals surface area contributed by atoms with Gasteiger partial charge in [0.05, 0.1) is 5.69 Å². The van der Waals surface area contributed by atoms with Crippen molar-refractivity contribution in [2.24, 2.45) is 0 Å². The molecule has 0 fully saturated rings. The van der Waals surface area contributed by atoms with Crippen LogP contribution in [-0.2, 0) is 4.79 Å². The average molecular weight is 296 g/mol. The average Bonchev–Trinajstić information content (AvgIpc) is 2.55. The highest BCUT2D eigenvalue weighted by Crippen LogP contribution is 2.22. The SMILES string of the molecule is O=C(COc1cccc2cccnc12)Nc1ccccc1F. The molecule has 0 unspecified atom stereocenters. The van der Waals surface area contributed by atoms with Crippen LogP contribution in [0.4, 0.5) is 10.1 Å². The number of ether oxygens (including phenoxy) is 1. The van der Waals surface area contributed by atoms with Gasteiger partial charge in [0, 0.05) is 11.6 Å². The van der Waals surface area contributed by atoms with E-state index >= 15 is 0 Å². The van der Waals surface area contributed by atoms with Gasteiger partial charge >= 0.3 is 0 Å². The Morgan fingerprint density at radius 1 is 1.09 bits per heavy atom. The largest absolute Gasteiger partial charge is 0.481 e. The van der Waals surface area contributed by atoms with Gasteiger partial charge in [-0.1, -0.05) is 30.3 Å². The van der Waals surface area contributed by atoms with Crippen molar-refractivity contribution in [3.8, 4) is 5.75 Å². The lowest BCUT2D eigenvalue weighted by molar-refractivity contribution is -0.118. The van der Waals surface area contributed by atoms with E-state index in [4.69, 9.17) is 4.74 Å². The minimum atomic E-state index is -0.484. The zero-order valence-electron chi connectivity index (χ0n) is 11.6. The lowest BCUT2D eigenvalue weighted by atomic mass is 10.2. The molecule has 0 spiro atoms. The number of fused-ring (bicyclic) bond motifs is 1. The van der Waals surface area contributed by atoms with Gasteiger partial charge in [0.25, 0.3) is 5.91 Å². The quantitative estimate of drug-likeness (QED) is 0.803. The molecule has 110 valence electrons. The minimum Gasteiger partial charge on any atom is -0.481 e. The lowest BCUT2D eigenvalue weighted by Crippen LogP contribution is -2.20. The molecule has 0 aliphatic heterocycles. The number of anilines is 1. The van der Waals surface area contributed by atoms with Crippen LogP contribution < -0.4 is 10.1 Å². The first-order valence-corrected chi connectivity index (χ1v) is 6.75. The van der Waals surface area contributed by atoms with Gasteiger partial charge in [0.2, 0.25) is 0 Å². The van der Waals surface area contributed by atoms with Gasteiger partial charge < -0.3 is 10.1 Å². The summed E-state index contributed by atoms with van der Waals surface area (Å²) in [5, 5.41) is 3.39. The maximum Gasteiger partial charge on any atom is 0.262 e. The van der Waals surface area contributed by atoms with Gasteiger partial charge in [-0.3, -0.25) is 9.78 Å². The van der Waals surface area contributed by atoms with E-state index < -0.39 is 11.7 Å². The van der Waals surface area contributed by atoms with Gasteiger partial charge in [0.1, 0.15) is 17.1 Å². The van der Waals surface area contributed by atoms with Gasteiger partial charge in [0.15, 0.2) is 6.61 Å². The second kappa shape index (κ2) is 6.22. The van der Waals surface area contributed by atoms with Crippen LogP contribution in [0.15, 0.2) is 60.8 Å². The summed E-state index contributed by atoms with van der Waals surface area (Å²) in [6.45, 7) is -0.218. The Bertz CT molecular complexity index is 815. The molecule has 3 aromatic rings. The van der Waals surface area contributed by atoms with Crippen LogP contribution in [-0.4, -0.2) is 17.5 Å². The predicted octanol–water partition coefficient (Wildman–Crippen LogP) is 3.39. The van der Waals surface area contributed by atoms with Crippen molar-refractivity contribution in [3.63, 3.8) is 0 Å². The number of pyridine rings is 1. The van der Waals surface area contributed by atoms with Gasteiger partial charge in [-0.15, -0.1) is 0 Å². The van der Waals surface area contributed by atoms with E-state index in [-0.39, 0.29) is 12.3 Å². The molecule has 1 N–H and O–H groups in total. The topological polar surface area (TPSA) is 51.2 Å². The number of aromatic nitrogens is 1. The van der Waals surface area contributed by atoms with Crippen LogP contribution in [0.1, 0.15) is 0 Å². The molecule has 0 aliphatic rings. The molecule has 0 atom stereocenters. The van der Waals surface area contributed by atoms with Crippen LogP contribution in [0.25, 0.3) is 10.9 Å². The number of carbonyl (C=O) groups is 1. The Labute approximate surface area is 126 Å². The molecule has 1 aromatic heterocycles. The van der Waals surface area contributed by atoms with Crippen molar-refractivity contribution in [1.82, 2.24) is 4.98 Å². The van der Waals surface area contributed by atoms with Gasteiger partial charge in [-0.25, -0.2) is 4.39 Å². The first-order valence-electron chi connectivity index (χ1n) is 6.75. The van der Waals surface area contributed by atoms with Gasteiger partial charge in [-0.2, -0.15) is 0 Å². The van der Waals surface area contributed by atoms with Crippen LogP contribution in [0.5, 0.6) is 5.75 Å². The van der Waals surface area contributed by atoms with Gasteiger partial charge in [-0.05, 0) is 24.3 Å². The summed E-state index contributed by atoms with van der Waals surface area (Å²) in [4.78, 5) is 16.1. The second-order valence-electron chi connectivity index (χ2n) is 4.65. The molecule has 1 heterocycles. The molecule has 0 saturated carbocycles. The predicted molar refractivity (Wildman–Crippen MR) is 82.3 cm³/mol. The van der Waals surface area contributed by atoms with E-state index in [1.807, 2.05) is 24.3 Å². The smallest absolute Gasteiger partial charge is 0.262 e. The lowest BCUT2D eigenvalue weighted by Gasteiger charge is -2.09. The maximum absolute atomic E-state index is 13.5. The Morgan fingerprint density at radius 3 is 2.77 bits per heavy atom. The zero-order valence-corrected chi connectivity index (χ0v) is 11.6. The first kappa shape index (κ1) is 14.0. The van der Waals surface area contributed by atoms with E-state index in [0.29, 0.717) is 11.3 Å². The number of benzene rings is 2. The fourth-order valence-corrected chi connectivity index (χ4v) is 2.08. The fraction of sp³-hybridized carbons (Fsp3) is 0.0588. The number of halogens is 1. The fourth-order valence-electron chi connectivity index (χ4n) is 2.08. The Kier molecular flexibility index (Phi) is 3.96. The second-order valence-corrected chi connectivity index (χ2v) is 4.65. The molecule has 2 aromatic carbocycles. The first-order chi connectivity index (χ1) is 10.7. The molecule has 4 nitrogen and oxygen atoms in total. The highest BCUT2D eigenvalue weighted by Gasteiger charge is 2.09. The van der Waals surface area contributed by atoms with E-state index in [9.17, 15) is 9.18 Å². The van der Waals surface area contributed by atoms with E-state index in [1.54, 1.807) is 24.4 Å². The molecule has 1 amide bonds. The third-order valence-electron chi connectivity index (χ3n) is 3.10. The van der Waals surface area contributed by atoms with E-state index in [2.05, 4.69) is 10.3 Å². The molecule has 22 heavy (non-hydrogen) atoms. The zero-order chi connectivity index (χ0) is 15.4. The van der Waals surface area contributed by atoms with Crippen LogP contribution in [0.3, 0.4) is 0 Å². The standard InChI is InChI=1S/C17H13FN2O2/c18-13-7-1-2-8-14(13)20-16(21)11-22-15-9-3-5-12-6-4-10-19-17(12)15/h1-10H,11H2,(H,20,21). The summed E-state index contributed by atoms with van der Waals surface area (Å²) in [7, 11) is 0. The van der Waals surface area contributed by atoms with E-state index in [1.165, 1.54) is 12.1 Å².